The lowest BCUT2D eigenvalue weighted by molar-refractivity contribution is -0.104. The number of benzene rings is 1. The van der Waals surface area contributed by atoms with Crippen molar-refractivity contribution in [3.05, 3.63) is 59.6 Å². The number of hydrogen-bond acceptors (Lipinski definition) is 4. The fourth-order valence-electron chi connectivity index (χ4n) is 2.39. The number of nitrogens with zero attached hydrogens (tertiary/aromatic N) is 4. The van der Waals surface area contributed by atoms with Gasteiger partial charge in [-0.3, -0.25) is 4.98 Å². The van der Waals surface area contributed by atoms with Crippen LogP contribution in [0.2, 0.25) is 5.02 Å². The van der Waals surface area contributed by atoms with Gasteiger partial charge in [-0.25, -0.2) is 26.6 Å². The summed E-state index contributed by atoms with van der Waals surface area (Å²) in [7, 11) is -3.94. The lowest BCUT2D eigenvalue weighted by atomic mass is 10.1. The minimum atomic E-state index is -4.68. The standard InChI is InChI=1S/C15H12ClF3N4O2S/c1-22(15(19,14(17)18)10-2-4-11(16)5-3-10)26(24,25)13-9-23-7-6-20-8-12(23)21-13/h2-9,14H,1H3. The van der Waals surface area contributed by atoms with E-state index in [0.717, 1.165) is 25.4 Å². The van der Waals surface area contributed by atoms with E-state index in [-0.39, 0.29) is 15.0 Å². The molecule has 2 aromatic heterocycles. The molecule has 0 aliphatic rings. The van der Waals surface area contributed by atoms with Gasteiger partial charge in [0.05, 0.1) is 6.20 Å². The lowest BCUT2D eigenvalue weighted by Crippen LogP contribution is -2.48. The number of imidazole rings is 1. The first-order chi connectivity index (χ1) is 12.2. The van der Waals surface area contributed by atoms with E-state index < -0.39 is 32.8 Å². The molecule has 0 fully saturated rings. The third-order valence-electron chi connectivity index (χ3n) is 3.86. The predicted octanol–water partition coefficient (Wildman–Crippen LogP) is 3.09. The minimum Gasteiger partial charge on any atom is -0.303 e. The zero-order valence-corrected chi connectivity index (χ0v) is 14.8. The Bertz CT molecular complexity index is 1010. The van der Waals surface area contributed by atoms with E-state index in [0.29, 0.717) is 0 Å². The van der Waals surface area contributed by atoms with Crippen molar-refractivity contribution in [3.63, 3.8) is 0 Å². The van der Waals surface area contributed by atoms with Crippen LogP contribution in [0.3, 0.4) is 0 Å². The summed E-state index contributed by atoms with van der Waals surface area (Å²) in [6, 6.07) is 4.41. The Labute approximate surface area is 151 Å². The van der Waals surface area contributed by atoms with Crippen LogP contribution in [0.5, 0.6) is 0 Å². The Morgan fingerprint density at radius 2 is 1.92 bits per heavy atom. The van der Waals surface area contributed by atoms with Crippen LogP contribution in [-0.2, 0) is 15.8 Å². The van der Waals surface area contributed by atoms with E-state index in [4.69, 9.17) is 11.6 Å². The molecule has 0 radical (unpaired) electrons. The van der Waals surface area contributed by atoms with Crippen LogP contribution in [0.4, 0.5) is 13.2 Å². The highest BCUT2D eigenvalue weighted by Gasteiger charge is 2.52. The monoisotopic (exact) mass is 404 g/mol. The second-order valence-corrected chi connectivity index (χ2v) is 7.73. The topological polar surface area (TPSA) is 67.6 Å². The van der Waals surface area contributed by atoms with Crippen LogP contribution in [0, 0.1) is 0 Å². The zero-order chi connectivity index (χ0) is 19.1. The number of fused-ring (bicyclic) bond motifs is 1. The summed E-state index contributed by atoms with van der Waals surface area (Å²) in [4.78, 5) is 7.61. The number of hydrogen-bond donors (Lipinski definition) is 0. The van der Waals surface area contributed by atoms with Crippen LogP contribution in [-0.4, -0.2) is 40.6 Å². The average molecular weight is 405 g/mol. The van der Waals surface area contributed by atoms with Crippen LogP contribution in [0.25, 0.3) is 5.65 Å². The number of aromatic nitrogens is 3. The maximum absolute atomic E-state index is 15.3. The highest BCUT2D eigenvalue weighted by molar-refractivity contribution is 7.89. The molecule has 1 unspecified atom stereocenters. The fourth-order valence-corrected chi connectivity index (χ4v) is 3.79. The molecule has 2 heterocycles. The molecule has 3 rings (SSSR count). The molecule has 0 spiro atoms. The molecule has 138 valence electrons. The van der Waals surface area contributed by atoms with E-state index in [1.807, 2.05) is 0 Å². The Morgan fingerprint density at radius 1 is 1.27 bits per heavy atom. The molecular weight excluding hydrogens is 393 g/mol. The molecule has 0 bridgehead atoms. The second-order valence-electron chi connectivity index (χ2n) is 5.37. The summed E-state index contributed by atoms with van der Waals surface area (Å²) in [5.74, 6) is -3.60. The Balaban J connectivity index is 2.11. The first-order valence-corrected chi connectivity index (χ1v) is 9.00. The third-order valence-corrected chi connectivity index (χ3v) is 5.83. The summed E-state index contributed by atoms with van der Waals surface area (Å²) in [6.07, 6.45) is 1.55. The van der Waals surface area contributed by atoms with Gasteiger partial charge >= 0.3 is 0 Å². The second kappa shape index (κ2) is 6.53. The van der Waals surface area contributed by atoms with Crippen molar-refractivity contribution in [1.82, 2.24) is 18.7 Å². The molecule has 1 atom stereocenters. The van der Waals surface area contributed by atoms with Crippen molar-refractivity contribution in [2.24, 2.45) is 0 Å². The normalized spacial score (nSPS) is 14.9. The van der Waals surface area contributed by atoms with E-state index in [2.05, 4.69) is 9.97 Å². The van der Waals surface area contributed by atoms with Crippen molar-refractivity contribution in [1.29, 1.82) is 0 Å². The van der Waals surface area contributed by atoms with Crippen molar-refractivity contribution >= 4 is 27.3 Å². The number of rotatable bonds is 5. The van der Waals surface area contributed by atoms with E-state index >= 15 is 4.39 Å². The van der Waals surface area contributed by atoms with Gasteiger partial charge in [0.15, 0.2) is 10.7 Å². The molecule has 3 aromatic rings. The molecule has 26 heavy (non-hydrogen) atoms. The quantitative estimate of drug-likeness (QED) is 0.613. The van der Waals surface area contributed by atoms with Gasteiger partial charge in [0.25, 0.3) is 22.2 Å². The molecule has 0 aliphatic carbocycles. The van der Waals surface area contributed by atoms with Gasteiger partial charge < -0.3 is 4.40 Å². The minimum absolute atomic E-state index is 0.0247. The Kier molecular flexibility index (Phi) is 4.67. The molecule has 0 N–H and O–H groups in total. The zero-order valence-electron chi connectivity index (χ0n) is 13.2. The SMILES string of the molecule is CN(C(F)(c1ccc(Cl)cc1)C(F)F)S(=O)(=O)c1cn2ccncc2n1. The van der Waals surface area contributed by atoms with E-state index in [9.17, 15) is 17.2 Å². The maximum atomic E-state index is 15.3. The van der Waals surface area contributed by atoms with Gasteiger partial charge in [-0.1, -0.05) is 23.7 Å². The molecule has 0 aliphatic heterocycles. The van der Waals surface area contributed by atoms with Crippen molar-refractivity contribution < 1.29 is 21.6 Å². The van der Waals surface area contributed by atoms with Gasteiger partial charge in [-0.15, -0.1) is 0 Å². The van der Waals surface area contributed by atoms with Gasteiger partial charge in [-0.05, 0) is 12.1 Å². The van der Waals surface area contributed by atoms with Gasteiger partial charge in [0.1, 0.15) is 0 Å². The largest absolute Gasteiger partial charge is 0.303 e. The smallest absolute Gasteiger partial charge is 0.290 e. The van der Waals surface area contributed by atoms with Gasteiger partial charge in [0.2, 0.25) is 0 Å². The maximum Gasteiger partial charge on any atom is 0.290 e. The Hall–Kier alpha value is -2.17. The highest BCUT2D eigenvalue weighted by atomic mass is 35.5. The summed E-state index contributed by atoms with van der Waals surface area (Å²) in [5, 5.41) is -0.381. The van der Waals surface area contributed by atoms with E-state index in [1.165, 1.54) is 35.1 Å². The molecule has 1 aromatic carbocycles. The summed E-state index contributed by atoms with van der Waals surface area (Å²) >= 11 is 5.69. The van der Waals surface area contributed by atoms with Gasteiger partial charge in [-0.2, -0.15) is 4.31 Å². The van der Waals surface area contributed by atoms with Crippen LogP contribution in [0.15, 0.2) is 54.1 Å². The van der Waals surface area contributed by atoms with Crippen molar-refractivity contribution in [2.45, 2.75) is 17.2 Å². The number of alkyl halides is 3. The van der Waals surface area contributed by atoms with E-state index in [1.54, 1.807) is 0 Å². The van der Waals surface area contributed by atoms with Crippen LogP contribution in [0.1, 0.15) is 5.56 Å². The lowest BCUT2D eigenvalue weighted by Gasteiger charge is -2.33. The van der Waals surface area contributed by atoms with Crippen molar-refractivity contribution in [2.75, 3.05) is 7.05 Å². The summed E-state index contributed by atoms with van der Waals surface area (Å²) < 4.78 is 69.3. The third kappa shape index (κ3) is 2.93. The molecular formula is C15H12ClF3N4O2S. The highest BCUT2D eigenvalue weighted by Crippen LogP contribution is 2.39. The molecule has 0 amide bonds. The van der Waals surface area contributed by atoms with Gasteiger partial charge in [0, 0.05) is 36.2 Å². The molecule has 11 heteroatoms. The average Bonchev–Trinajstić information content (AvgIpc) is 3.05. The fraction of sp³-hybridized carbons (Fsp3) is 0.200. The van der Waals surface area contributed by atoms with Crippen LogP contribution >= 0.6 is 11.6 Å². The Morgan fingerprint density at radius 3 is 2.50 bits per heavy atom. The molecule has 0 saturated heterocycles. The number of halogens is 4. The summed E-state index contributed by atoms with van der Waals surface area (Å²) in [5.41, 5.74) is -0.374. The van der Waals surface area contributed by atoms with Crippen molar-refractivity contribution in [3.8, 4) is 0 Å². The first-order valence-electron chi connectivity index (χ1n) is 7.18. The number of sulfonamides is 1. The van der Waals surface area contributed by atoms with Crippen LogP contribution < -0.4 is 0 Å². The summed E-state index contributed by atoms with van der Waals surface area (Å²) in [6.45, 7) is 0. The molecule has 6 nitrogen and oxygen atoms in total. The first kappa shape index (κ1) is 18.6. The molecule has 0 saturated carbocycles. The predicted molar refractivity (Wildman–Crippen MR) is 88.2 cm³/mol.